The molecular formula is C4H10O2. The van der Waals surface area contributed by atoms with Crippen LogP contribution in [0.4, 0.5) is 0 Å². The van der Waals surface area contributed by atoms with E-state index in [-0.39, 0.29) is 12.5 Å². The smallest absolute Gasteiger partial charge is 0.0567 e. The highest BCUT2D eigenvalue weighted by atomic mass is 16.3. The van der Waals surface area contributed by atoms with E-state index in [1.54, 1.807) is 6.92 Å². The standard InChI is InChI=1S/C4H10O2/c1-4(2-5)3-6/h4-6H,2-3H2,1H3/i2D. The highest BCUT2D eigenvalue weighted by Crippen LogP contribution is 1.85. The Balaban J connectivity index is 3.14. The third kappa shape index (κ3) is 2.18. The lowest BCUT2D eigenvalue weighted by Crippen LogP contribution is -2.04. The maximum absolute atomic E-state index is 8.33. The fourth-order valence-electron chi connectivity index (χ4n) is 0.0471. The molecule has 0 amide bonds. The van der Waals surface area contributed by atoms with E-state index in [2.05, 4.69) is 0 Å². The Morgan fingerprint density at radius 2 is 2.33 bits per heavy atom. The van der Waals surface area contributed by atoms with E-state index in [1.165, 1.54) is 0 Å². The van der Waals surface area contributed by atoms with Crippen LogP contribution in [0.5, 0.6) is 0 Å². The molecule has 38 valence electrons. The van der Waals surface area contributed by atoms with E-state index in [9.17, 15) is 0 Å². The Morgan fingerprint density at radius 3 is 2.33 bits per heavy atom. The number of hydrogen-bond donors (Lipinski definition) is 2. The van der Waals surface area contributed by atoms with Gasteiger partial charge in [0.15, 0.2) is 0 Å². The minimum absolute atomic E-state index is 0.120. The summed E-state index contributed by atoms with van der Waals surface area (Å²) in [7, 11) is 0. The van der Waals surface area contributed by atoms with Gasteiger partial charge < -0.3 is 10.2 Å². The lowest BCUT2D eigenvalue weighted by molar-refractivity contribution is 0.162. The van der Waals surface area contributed by atoms with Gasteiger partial charge in [-0.15, -0.1) is 0 Å². The average Bonchev–Trinajstić information content (AvgIpc) is 1.65. The summed E-state index contributed by atoms with van der Waals surface area (Å²) in [6.07, 6.45) is 0. The number of aliphatic hydroxyl groups excluding tert-OH is 2. The lowest BCUT2D eigenvalue weighted by atomic mass is 10.2. The number of aliphatic hydroxyl groups is 2. The third-order valence-corrected chi connectivity index (χ3v) is 0.542. The predicted octanol–water partition coefficient (Wildman–Crippen LogP) is -0.393. The van der Waals surface area contributed by atoms with Gasteiger partial charge in [-0.1, -0.05) is 6.92 Å². The molecule has 0 aromatic heterocycles. The Kier molecular flexibility index (Phi) is 2.13. The molecule has 0 saturated carbocycles. The van der Waals surface area contributed by atoms with E-state index in [1.807, 2.05) is 0 Å². The van der Waals surface area contributed by atoms with Gasteiger partial charge in [-0.05, 0) is 0 Å². The maximum atomic E-state index is 8.33. The zero-order valence-corrected chi connectivity index (χ0v) is 3.76. The van der Waals surface area contributed by atoms with Crippen molar-refractivity contribution in [1.82, 2.24) is 0 Å². The first kappa shape index (κ1) is 4.09. The quantitative estimate of drug-likeness (QED) is 0.485. The number of rotatable bonds is 2. The van der Waals surface area contributed by atoms with Crippen LogP contribution in [-0.4, -0.2) is 23.4 Å². The fourth-order valence-corrected chi connectivity index (χ4v) is 0.0471. The molecule has 0 aromatic carbocycles. The summed E-state index contributed by atoms with van der Waals surface area (Å²) in [5, 5.41) is 16.6. The first-order valence-electron chi connectivity index (χ1n) is 2.47. The van der Waals surface area contributed by atoms with Gasteiger partial charge in [-0.2, -0.15) is 0 Å². The van der Waals surface area contributed by atoms with Crippen molar-refractivity contribution in [2.45, 2.75) is 6.92 Å². The van der Waals surface area contributed by atoms with Crippen LogP contribution >= 0.6 is 0 Å². The lowest BCUT2D eigenvalue weighted by Gasteiger charge is -1.97. The molecule has 6 heavy (non-hydrogen) atoms. The van der Waals surface area contributed by atoms with Gasteiger partial charge in [0.25, 0.3) is 0 Å². The fraction of sp³-hybridized carbons (Fsp3) is 1.00. The van der Waals surface area contributed by atoms with Crippen LogP contribution in [0.3, 0.4) is 0 Å². The SMILES string of the molecule is [2H]C(O)C(C)CO. The van der Waals surface area contributed by atoms with E-state index in [4.69, 9.17) is 11.6 Å². The van der Waals surface area contributed by atoms with Crippen LogP contribution in [0, 0.1) is 5.92 Å². The second-order valence-corrected chi connectivity index (χ2v) is 1.31. The summed E-state index contributed by atoms with van der Waals surface area (Å²) in [5.41, 5.74) is 0. The zero-order valence-electron chi connectivity index (χ0n) is 4.76. The largest absolute Gasteiger partial charge is 0.396 e. The molecule has 0 saturated heterocycles. The Labute approximate surface area is 38.8 Å². The predicted molar refractivity (Wildman–Crippen MR) is 23.3 cm³/mol. The Morgan fingerprint density at radius 1 is 1.83 bits per heavy atom. The van der Waals surface area contributed by atoms with Crippen molar-refractivity contribution >= 4 is 0 Å². The average molecular weight is 91.1 g/mol. The van der Waals surface area contributed by atoms with Gasteiger partial charge in [0, 0.05) is 19.1 Å². The van der Waals surface area contributed by atoms with Crippen molar-refractivity contribution in [3.63, 3.8) is 0 Å². The van der Waals surface area contributed by atoms with E-state index in [0.29, 0.717) is 0 Å². The van der Waals surface area contributed by atoms with Crippen LogP contribution < -0.4 is 0 Å². The van der Waals surface area contributed by atoms with Gasteiger partial charge in [0.2, 0.25) is 0 Å². The first-order valence-corrected chi connectivity index (χ1v) is 1.89. The highest BCUT2D eigenvalue weighted by molar-refractivity contribution is 4.41. The topological polar surface area (TPSA) is 40.5 Å². The molecular weight excluding hydrogens is 80.0 g/mol. The minimum atomic E-state index is -1.13. The van der Waals surface area contributed by atoms with Crippen molar-refractivity contribution in [3.8, 4) is 0 Å². The molecule has 2 unspecified atom stereocenters. The summed E-state index contributed by atoms with van der Waals surface area (Å²) in [6.45, 7) is 0.354. The molecule has 2 heteroatoms. The van der Waals surface area contributed by atoms with Crippen molar-refractivity contribution in [1.29, 1.82) is 0 Å². The molecule has 0 fully saturated rings. The van der Waals surface area contributed by atoms with E-state index >= 15 is 0 Å². The summed E-state index contributed by atoms with van der Waals surface area (Å²) in [6, 6.07) is 0. The van der Waals surface area contributed by atoms with Gasteiger partial charge in [0.1, 0.15) is 0 Å². The zero-order chi connectivity index (χ0) is 5.86. The third-order valence-electron chi connectivity index (χ3n) is 0.542. The monoisotopic (exact) mass is 91.1 g/mol. The van der Waals surface area contributed by atoms with Gasteiger partial charge >= 0.3 is 0 Å². The molecule has 0 radical (unpaired) electrons. The van der Waals surface area contributed by atoms with Crippen LogP contribution in [0.25, 0.3) is 0 Å². The summed E-state index contributed by atoms with van der Waals surface area (Å²) in [5.74, 6) is -0.319. The molecule has 0 spiro atoms. The van der Waals surface area contributed by atoms with Crippen molar-refractivity contribution in [2.75, 3.05) is 13.2 Å². The molecule has 0 rings (SSSR count). The Bertz CT molecular complexity index is 47.0. The molecule has 0 aliphatic heterocycles. The Hall–Kier alpha value is -0.0800. The van der Waals surface area contributed by atoms with Crippen LogP contribution in [-0.2, 0) is 0 Å². The molecule has 0 aliphatic rings. The van der Waals surface area contributed by atoms with Crippen LogP contribution in [0.2, 0.25) is 0 Å². The maximum Gasteiger partial charge on any atom is 0.0567 e. The van der Waals surface area contributed by atoms with Gasteiger partial charge in [-0.25, -0.2) is 0 Å². The van der Waals surface area contributed by atoms with Crippen LogP contribution in [0.15, 0.2) is 0 Å². The second kappa shape index (κ2) is 3.12. The molecule has 0 heterocycles. The first-order chi connectivity index (χ1) is 3.18. The van der Waals surface area contributed by atoms with Gasteiger partial charge in [-0.3, -0.25) is 0 Å². The van der Waals surface area contributed by atoms with E-state index in [0.717, 1.165) is 0 Å². The summed E-state index contributed by atoms with van der Waals surface area (Å²) in [4.78, 5) is 0. The molecule has 2 atom stereocenters. The van der Waals surface area contributed by atoms with Crippen molar-refractivity contribution < 1.29 is 11.6 Å². The second-order valence-electron chi connectivity index (χ2n) is 1.31. The van der Waals surface area contributed by atoms with Crippen molar-refractivity contribution in [3.05, 3.63) is 0 Å². The normalized spacial score (nSPS) is 22.2. The molecule has 0 bridgehead atoms. The summed E-state index contributed by atoms with van der Waals surface area (Å²) < 4.78 is 6.58. The van der Waals surface area contributed by atoms with Crippen molar-refractivity contribution in [2.24, 2.45) is 5.92 Å². The molecule has 2 N–H and O–H groups in total. The minimum Gasteiger partial charge on any atom is -0.396 e. The van der Waals surface area contributed by atoms with Gasteiger partial charge in [0.05, 0.1) is 1.37 Å². The molecule has 2 nitrogen and oxygen atoms in total. The number of hydrogen-bond acceptors (Lipinski definition) is 2. The highest BCUT2D eigenvalue weighted by Gasteiger charge is 1.91. The summed E-state index contributed by atoms with van der Waals surface area (Å²) >= 11 is 0. The molecule has 0 aliphatic carbocycles. The molecule has 0 aromatic rings. The van der Waals surface area contributed by atoms with Crippen LogP contribution in [0.1, 0.15) is 8.29 Å². The van der Waals surface area contributed by atoms with E-state index < -0.39 is 6.58 Å².